The van der Waals surface area contributed by atoms with E-state index >= 15 is 0 Å². The molecular formula is C21H33ClN2O2. The highest BCUT2D eigenvalue weighted by Crippen LogP contribution is 2.31. The summed E-state index contributed by atoms with van der Waals surface area (Å²) >= 11 is 5.82. The summed E-state index contributed by atoms with van der Waals surface area (Å²) in [6.45, 7) is 1.91. The number of amides is 1. The molecule has 1 saturated carbocycles. The van der Waals surface area contributed by atoms with Gasteiger partial charge in [0.05, 0.1) is 0 Å². The molecule has 146 valence electrons. The molecule has 1 N–H and O–H groups in total. The topological polar surface area (TPSA) is 41.6 Å². The van der Waals surface area contributed by atoms with E-state index < -0.39 is 0 Å². The van der Waals surface area contributed by atoms with Crippen LogP contribution < -0.4 is 10.1 Å². The van der Waals surface area contributed by atoms with Gasteiger partial charge in [-0.2, -0.15) is 0 Å². The van der Waals surface area contributed by atoms with Crippen molar-refractivity contribution in [2.45, 2.75) is 51.4 Å². The molecule has 0 saturated heterocycles. The Morgan fingerprint density at radius 2 is 1.73 bits per heavy atom. The first kappa shape index (κ1) is 21.0. The van der Waals surface area contributed by atoms with Crippen molar-refractivity contribution in [3.63, 3.8) is 0 Å². The first-order valence-electron chi connectivity index (χ1n) is 9.89. The van der Waals surface area contributed by atoms with Crippen LogP contribution >= 0.6 is 11.6 Å². The summed E-state index contributed by atoms with van der Waals surface area (Å²) in [4.78, 5) is 14.1. The summed E-state index contributed by atoms with van der Waals surface area (Å²) in [6.07, 6.45) is 10.0. The second-order valence-electron chi connectivity index (χ2n) is 7.76. The average molecular weight is 381 g/mol. The molecule has 0 spiro atoms. The Bertz CT molecular complexity index is 525. The molecule has 0 heterocycles. The molecule has 0 aromatic heterocycles. The van der Waals surface area contributed by atoms with Gasteiger partial charge in [0.2, 0.25) is 0 Å². The lowest BCUT2D eigenvalue weighted by molar-refractivity contribution is 0.193. The molecule has 1 amide bonds. The summed E-state index contributed by atoms with van der Waals surface area (Å²) in [5.74, 6) is 1.98. The predicted octanol–water partition coefficient (Wildman–Crippen LogP) is 5.36. The molecule has 1 aromatic carbocycles. The van der Waals surface area contributed by atoms with Crippen LogP contribution in [-0.4, -0.2) is 38.2 Å². The Balaban J connectivity index is 1.54. The SMILES string of the molecule is CN(C)CCCCCC1CCC(CNC(=O)Oc2ccc(Cl)cc2)CC1. The van der Waals surface area contributed by atoms with E-state index in [-0.39, 0.29) is 6.09 Å². The van der Waals surface area contributed by atoms with Gasteiger partial charge < -0.3 is 15.0 Å². The van der Waals surface area contributed by atoms with Gasteiger partial charge in [-0.3, -0.25) is 0 Å². The fourth-order valence-electron chi connectivity index (χ4n) is 3.64. The fraction of sp³-hybridized carbons (Fsp3) is 0.667. The van der Waals surface area contributed by atoms with Gasteiger partial charge in [0.1, 0.15) is 5.75 Å². The lowest BCUT2D eigenvalue weighted by Crippen LogP contribution is -2.33. The number of hydrogen-bond donors (Lipinski definition) is 1. The Labute approximate surface area is 163 Å². The molecule has 0 radical (unpaired) electrons. The Morgan fingerprint density at radius 1 is 1.08 bits per heavy atom. The summed E-state index contributed by atoms with van der Waals surface area (Å²) in [5, 5.41) is 3.53. The number of unbranched alkanes of at least 4 members (excludes halogenated alkanes) is 2. The third-order valence-electron chi connectivity index (χ3n) is 5.24. The number of halogens is 1. The van der Waals surface area contributed by atoms with E-state index in [1.165, 1.54) is 57.9 Å². The van der Waals surface area contributed by atoms with Crippen LogP contribution in [0.4, 0.5) is 4.79 Å². The van der Waals surface area contributed by atoms with Crippen LogP contribution in [0.3, 0.4) is 0 Å². The minimum absolute atomic E-state index is 0.379. The molecule has 1 aliphatic carbocycles. The zero-order chi connectivity index (χ0) is 18.8. The van der Waals surface area contributed by atoms with Gasteiger partial charge in [-0.15, -0.1) is 0 Å². The van der Waals surface area contributed by atoms with Crippen LogP contribution in [0.5, 0.6) is 5.75 Å². The molecule has 1 aliphatic rings. The molecule has 1 fully saturated rings. The van der Waals surface area contributed by atoms with E-state index in [0.29, 0.717) is 23.2 Å². The Hall–Kier alpha value is -1.26. The van der Waals surface area contributed by atoms with Gasteiger partial charge in [0, 0.05) is 11.6 Å². The molecule has 4 nitrogen and oxygen atoms in total. The maximum Gasteiger partial charge on any atom is 0.412 e. The second-order valence-corrected chi connectivity index (χ2v) is 8.20. The number of benzene rings is 1. The third kappa shape index (κ3) is 8.41. The Kier molecular flexibility index (Phi) is 9.27. The van der Waals surface area contributed by atoms with Crippen molar-refractivity contribution >= 4 is 17.7 Å². The first-order chi connectivity index (χ1) is 12.5. The number of nitrogens with zero attached hydrogens (tertiary/aromatic N) is 1. The third-order valence-corrected chi connectivity index (χ3v) is 5.50. The molecule has 2 rings (SSSR count). The number of rotatable bonds is 9. The lowest BCUT2D eigenvalue weighted by Gasteiger charge is -2.28. The highest BCUT2D eigenvalue weighted by atomic mass is 35.5. The lowest BCUT2D eigenvalue weighted by atomic mass is 9.80. The first-order valence-corrected chi connectivity index (χ1v) is 10.3. The highest BCUT2D eigenvalue weighted by Gasteiger charge is 2.21. The summed E-state index contributed by atoms with van der Waals surface area (Å²) < 4.78 is 5.26. The smallest absolute Gasteiger partial charge is 0.410 e. The van der Waals surface area contributed by atoms with Crippen LogP contribution in [0.15, 0.2) is 24.3 Å². The molecule has 0 bridgehead atoms. The van der Waals surface area contributed by atoms with Crippen molar-refractivity contribution in [3.05, 3.63) is 29.3 Å². The Morgan fingerprint density at radius 3 is 2.38 bits per heavy atom. The standard InChI is InChI=1S/C21H33ClN2O2/c1-24(2)15-5-3-4-6-17-7-9-18(10-8-17)16-23-21(25)26-20-13-11-19(22)12-14-20/h11-14,17-18H,3-10,15-16H2,1-2H3,(H,23,25). The van der Waals surface area contributed by atoms with Crippen molar-refractivity contribution in [1.82, 2.24) is 10.2 Å². The number of hydrogen-bond acceptors (Lipinski definition) is 3. The van der Waals surface area contributed by atoms with Crippen molar-refractivity contribution in [3.8, 4) is 5.75 Å². The van der Waals surface area contributed by atoms with Gasteiger partial charge in [-0.05, 0) is 76.0 Å². The van der Waals surface area contributed by atoms with E-state index in [9.17, 15) is 4.79 Å². The molecular weight excluding hydrogens is 348 g/mol. The van der Waals surface area contributed by atoms with Crippen LogP contribution in [0.2, 0.25) is 5.02 Å². The van der Waals surface area contributed by atoms with E-state index in [1.54, 1.807) is 24.3 Å². The van der Waals surface area contributed by atoms with Crippen LogP contribution in [0.25, 0.3) is 0 Å². The van der Waals surface area contributed by atoms with Gasteiger partial charge >= 0.3 is 6.09 Å². The van der Waals surface area contributed by atoms with Gasteiger partial charge in [0.15, 0.2) is 0 Å². The van der Waals surface area contributed by atoms with Crippen molar-refractivity contribution in [1.29, 1.82) is 0 Å². The summed E-state index contributed by atoms with van der Waals surface area (Å²) in [7, 11) is 4.28. The van der Waals surface area contributed by atoms with E-state index in [1.807, 2.05) is 0 Å². The summed E-state index contributed by atoms with van der Waals surface area (Å²) in [6, 6.07) is 6.83. The number of carbonyl (C=O) groups is 1. The minimum atomic E-state index is -0.379. The quantitative estimate of drug-likeness (QED) is 0.586. The summed E-state index contributed by atoms with van der Waals surface area (Å²) in [5.41, 5.74) is 0. The fourth-order valence-corrected chi connectivity index (χ4v) is 3.76. The van der Waals surface area contributed by atoms with Crippen LogP contribution in [-0.2, 0) is 0 Å². The van der Waals surface area contributed by atoms with Crippen LogP contribution in [0, 0.1) is 11.8 Å². The monoisotopic (exact) mass is 380 g/mol. The number of ether oxygens (including phenoxy) is 1. The molecule has 26 heavy (non-hydrogen) atoms. The van der Waals surface area contributed by atoms with Crippen molar-refractivity contribution in [2.75, 3.05) is 27.2 Å². The largest absolute Gasteiger partial charge is 0.412 e. The molecule has 1 aromatic rings. The van der Waals surface area contributed by atoms with E-state index in [0.717, 1.165) is 5.92 Å². The second kappa shape index (κ2) is 11.5. The maximum atomic E-state index is 11.9. The van der Waals surface area contributed by atoms with Gasteiger partial charge in [0.25, 0.3) is 0 Å². The normalized spacial score (nSPS) is 20.2. The average Bonchev–Trinajstić information content (AvgIpc) is 2.62. The van der Waals surface area contributed by atoms with Crippen molar-refractivity contribution < 1.29 is 9.53 Å². The number of nitrogens with one attached hydrogen (secondary N) is 1. The van der Waals surface area contributed by atoms with Crippen LogP contribution in [0.1, 0.15) is 51.4 Å². The zero-order valence-corrected chi connectivity index (χ0v) is 16.9. The van der Waals surface area contributed by atoms with E-state index in [4.69, 9.17) is 16.3 Å². The molecule has 0 aliphatic heterocycles. The van der Waals surface area contributed by atoms with E-state index in [2.05, 4.69) is 24.3 Å². The maximum absolute atomic E-state index is 11.9. The molecule has 5 heteroatoms. The molecule has 0 atom stereocenters. The zero-order valence-electron chi connectivity index (χ0n) is 16.2. The van der Waals surface area contributed by atoms with Gasteiger partial charge in [-0.25, -0.2) is 4.79 Å². The minimum Gasteiger partial charge on any atom is -0.410 e. The predicted molar refractivity (Wildman–Crippen MR) is 108 cm³/mol. The molecule has 0 unspecified atom stereocenters. The van der Waals surface area contributed by atoms with Gasteiger partial charge in [-0.1, -0.05) is 43.7 Å². The highest BCUT2D eigenvalue weighted by molar-refractivity contribution is 6.30. The van der Waals surface area contributed by atoms with Crippen molar-refractivity contribution in [2.24, 2.45) is 11.8 Å². The number of carbonyl (C=O) groups excluding carboxylic acids is 1.